The Kier molecular flexibility index (Phi) is 6.68. The summed E-state index contributed by atoms with van der Waals surface area (Å²) < 4.78 is 5.43. The first-order valence-electron chi connectivity index (χ1n) is 8.76. The van der Waals surface area contributed by atoms with Gasteiger partial charge in [0.15, 0.2) is 0 Å². The molecule has 0 aromatic rings. The molecule has 0 bridgehead atoms. The van der Waals surface area contributed by atoms with Gasteiger partial charge in [0.2, 0.25) is 11.8 Å². The van der Waals surface area contributed by atoms with Gasteiger partial charge < -0.3 is 14.5 Å². The van der Waals surface area contributed by atoms with E-state index in [9.17, 15) is 9.59 Å². The first kappa shape index (κ1) is 17.3. The van der Waals surface area contributed by atoms with Crippen molar-refractivity contribution in [2.45, 2.75) is 58.5 Å². The average Bonchev–Trinajstić information content (AvgIpc) is 2.54. The van der Waals surface area contributed by atoms with Crippen LogP contribution in [0.25, 0.3) is 0 Å². The van der Waals surface area contributed by atoms with Crippen molar-refractivity contribution in [3.05, 3.63) is 0 Å². The fourth-order valence-corrected chi connectivity index (χ4v) is 3.32. The molecule has 0 atom stereocenters. The van der Waals surface area contributed by atoms with E-state index in [1.807, 2.05) is 23.6 Å². The molecule has 1 heterocycles. The summed E-state index contributed by atoms with van der Waals surface area (Å²) in [5, 5.41) is 0. The summed E-state index contributed by atoms with van der Waals surface area (Å²) in [7, 11) is 0. The molecule has 2 fully saturated rings. The Labute approximate surface area is 134 Å². The van der Waals surface area contributed by atoms with Crippen LogP contribution < -0.4 is 0 Å². The molecule has 0 aromatic heterocycles. The number of ether oxygens (including phenoxy) is 1. The zero-order chi connectivity index (χ0) is 15.9. The van der Waals surface area contributed by atoms with Crippen molar-refractivity contribution >= 4 is 11.8 Å². The summed E-state index contributed by atoms with van der Waals surface area (Å²) in [4.78, 5) is 28.4. The molecular weight excluding hydrogens is 280 g/mol. The van der Waals surface area contributed by atoms with Crippen LogP contribution in [0.1, 0.15) is 52.4 Å². The summed E-state index contributed by atoms with van der Waals surface area (Å²) in [5.74, 6) is 0.691. The molecule has 1 aliphatic carbocycles. The molecule has 2 aliphatic rings. The van der Waals surface area contributed by atoms with E-state index in [4.69, 9.17) is 4.74 Å². The number of rotatable bonds is 5. The van der Waals surface area contributed by atoms with Crippen molar-refractivity contribution in [1.82, 2.24) is 9.80 Å². The van der Waals surface area contributed by atoms with E-state index < -0.39 is 0 Å². The monoisotopic (exact) mass is 310 g/mol. The summed E-state index contributed by atoms with van der Waals surface area (Å²) in [6.07, 6.45) is 6.33. The predicted molar refractivity (Wildman–Crippen MR) is 85.4 cm³/mol. The minimum Gasteiger partial charge on any atom is -0.378 e. The van der Waals surface area contributed by atoms with Gasteiger partial charge >= 0.3 is 0 Å². The van der Waals surface area contributed by atoms with Crippen LogP contribution in [0.5, 0.6) is 0 Å². The minimum absolute atomic E-state index is 0.144. The van der Waals surface area contributed by atoms with Gasteiger partial charge in [0.25, 0.3) is 0 Å². The van der Waals surface area contributed by atoms with E-state index in [0.29, 0.717) is 45.1 Å². The Morgan fingerprint density at radius 1 is 1.00 bits per heavy atom. The summed E-state index contributed by atoms with van der Waals surface area (Å²) >= 11 is 0. The normalized spacial score (nSPS) is 20.5. The van der Waals surface area contributed by atoms with Gasteiger partial charge in [-0.25, -0.2) is 0 Å². The molecule has 1 saturated carbocycles. The third kappa shape index (κ3) is 4.97. The summed E-state index contributed by atoms with van der Waals surface area (Å²) in [6.45, 7) is 7.13. The summed E-state index contributed by atoms with van der Waals surface area (Å²) in [5.41, 5.74) is 0. The lowest BCUT2D eigenvalue weighted by molar-refractivity contribution is -0.143. The van der Waals surface area contributed by atoms with Crippen molar-refractivity contribution in [2.75, 3.05) is 32.8 Å². The van der Waals surface area contributed by atoms with Gasteiger partial charge in [0.1, 0.15) is 0 Å². The molecule has 1 saturated heterocycles. The minimum atomic E-state index is 0.144. The molecule has 126 valence electrons. The van der Waals surface area contributed by atoms with Gasteiger partial charge in [0.05, 0.1) is 19.1 Å². The zero-order valence-corrected chi connectivity index (χ0v) is 14.1. The van der Waals surface area contributed by atoms with E-state index in [0.717, 1.165) is 12.8 Å². The van der Waals surface area contributed by atoms with Crippen LogP contribution in [-0.2, 0) is 14.3 Å². The van der Waals surface area contributed by atoms with E-state index >= 15 is 0 Å². The number of nitrogens with zero attached hydrogens (tertiary/aromatic N) is 2. The second kappa shape index (κ2) is 8.51. The highest BCUT2D eigenvalue weighted by Gasteiger charge is 2.29. The van der Waals surface area contributed by atoms with Crippen molar-refractivity contribution < 1.29 is 14.3 Å². The lowest BCUT2D eigenvalue weighted by atomic mass is 9.88. The largest absolute Gasteiger partial charge is 0.378 e. The average molecular weight is 310 g/mol. The number of carbonyl (C=O) groups excluding carboxylic acids is 2. The third-order valence-corrected chi connectivity index (χ3v) is 4.67. The van der Waals surface area contributed by atoms with Gasteiger partial charge in [0, 0.05) is 32.1 Å². The Morgan fingerprint density at radius 3 is 2.18 bits per heavy atom. The maximum absolute atomic E-state index is 12.5. The fraction of sp³-hybridized carbons (Fsp3) is 0.882. The van der Waals surface area contributed by atoms with Gasteiger partial charge in [-0.1, -0.05) is 19.3 Å². The van der Waals surface area contributed by atoms with Crippen LogP contribution in [0, 0.1) is 5.92 Å². The highest BCUT2D eigenvalue weighted by molar-refractivity contribution is 5.80. The van der Waals surface area contributed by atoms with Crippen LogP contribution in [-0.4, -0.2) is 60.5 Å². The van der Waals surface area contributed by atoms with Crippen molar-refractivity contribution in [3.63, 3.8) is 0 Å². The second-order valence-electron chi connectivity index (χ2n) is 6.71. The van der Waals surface area contributed by atoms with Gasteiger partial charge in [-0.15, -0.1) is 0 Å². The topological polar surface area (TPSA) is 49.9 Å². The van der Waals surface area contributed by atoms with E-state index in [1.165, 1.54) is 19.3 Å². The van der Waals surface area contributed by atoms with Crippen molar-refractivity contribution in [1.29, 1.82) is 0 Å². The zero-order valence-electron chi connectivity index (χ0n) is 14.1. The number of carbonyl (C=O) groups is 2. The van der Waals surface area contributed by atoms with Gasteiger partial charge in [-0.3, -0.25) is 9.59 Å². The van der Waals surface area contributed by atoms with Crippen LogP contribution >= 0.6 is 0 Å². The number of hydrogen-bond donors (Lipinski definition) is 0. The van der Waals surface area contributed by atoms with Crippen LogP contribution in [0.15, 0.2) is 0 Å². The fourth-order valence-electron chi connectivity index (χ4n) is 3.32. The predicted octanol–water partition coefficient (Wildman–Crippen LogP) is 2.05. The maximum atomic E-state index is 12.5. The smallest absolute Gasteiger partial charge is 0.225 e. The molecule has 1 aliphatic heterocycles. The first-order chi connectivity index (χ1) is 10.6. The first-order valence-corrected chi connectivity index (χ1v) is 8.76. The standard InChI is InChI=1S/C17H30N2O3/c1-14(2)22-13-8-16(20)18-9-11-19(12-10-18)17(21)15-6-4-3-5-7-15/h14-15H,3-13H2,1-2H3. The molecule has 5 nitrogen and oxygen atoms in total. The van der Waals surface area contributed by atoms with E-state index in [1.54, 1.807) is 0 Å². The SMILES string of the molecule is CC(C)OCCC(=O)N1CCN(C(=O)C2CCCCC2)CC1. The number of piperazine rings is 1. The van der Waals surface area contributed by atoms with E-state index in [-0.39, 0.29) is 17.9 Å². The van der Waals surface area contributed by atoms with Gasteiger partial charge in [-0.05, 0) is 26.7 Å². The molecule has 0 N–H and O–H groups in total. The third-order valence-electron chi connectivity index (χ3n) is 4.67. The van der Waals surface area contributed by atoms with Crippen LogP contribution in [0.2, 0.25) is 0 Å². The molecular formula is C17H30N2O3. The Balaban J connectivity index is 1.70. The summed E-state index contributed by atoms with van der Waals surface area (Å²) in [6, 6.07) is 0. The van der Waals surface area contributed by atoms with Gasteiger partial charge in [-0.2, -0.15) is 0 Å². The molecule has 0 radical (unpaired) electrons. The van der Waals surface area contributed by atoms with E-state index in [2.05, 4.69) is 0 Å². The lowest BCUT2D eigenvalue weighted by Gasteiger charge is -2.37. The Morgan fingerprint density at radius 2 is 1.59 bits per heavy atom. The lowest BCUT2D eigenvalue weighted by Crippen LogP contribution is -2.52. The molecule has 2 rings (SSSR count). The Bertz CT molecular complexity index is 370. The molecule has 0 spiro atoms. The van der Waals surface area contributed by atoms with Crippen molar-refractivity contribution in [2.24, 2.45) is 5.92 Å². The maximum Gasteiger partial charge on any atom is 0.225 e. The second-order valence-corrected chi connectivity index (χ2v) is 6.71. The highest BCUT2D eigenvalue weighted by Crippen LogP contribution is 2.25. The molecule has 22 heavy (non-hydrogen) atoms. The van der Waals surface area contributed by atoms with Crippen LogP contribution in [0.3, 0.4) is 0 Å². The molecule has 2 amide bonds. The van der Waals surface area contributed by atoms with Crippen LogP contribution in [0.4, 0.5) is 0 Å². The Hall–Kier alpha value is -1.10. The van der Waals surface area contributed by atoms with Crippen molar-refractivity contribution in [3.8, 4) is 0 Å². The quantitative estimate of drug-likeness (QED) is 0.781. The molecule has 0 aromatic carbocycles. The number of hydrogen-bond acceptors (Lipinski definition) is 3. The molecule has 5 heteroatoms. The molecule has 0 unspecified atom stereocenters. The highest BCUT2D eigenvalue weighted by atomic mass is 16.5. The number of amides is 2.